The topological polar surface area (TPSA) is 26.0 Å². The van der Waals surface area contributed by atoms with E-state index in [0.29, 0.717) is 10.7 Å². The predicted molar refractivity (Wildman–Crippen MR) is 76.9 cm³/mol. The first-order valence-electron chi connectivity index (χ1n) is 5.07. The normalized spacial score (nSPS) is 10.5. The largest absolute Gasteiger partial charge is 0.399 e. The zero-order valence-corrected chi connectivity index (χ0v) is 11.3. The van der Waals surface area contributed by atoms with E-state index < -0.39 is 0 Å². The number of benzene rings is 2. The van der Waals surface area contributed by atoms with Gasteiger partial charge >= 0.3 is 0 Å². The quantitative estimate of drug-likeness (QED) is 0.643. The van der Waals surface area contributed by atoms with Gasteiger partial charge in [-0.25, -0.2) is 0 Å². The van der Waals surface area contributed by atoms with Crippen molar-refractivity contribution in [1.29, 1.82) is 0 Å². The summed E-state index contributed by atoms with van der Waals surface area (Å²) in [6, 6.07) is 13.4. The van der Waals surface area contributed by atoms with Crippen molar-refractivity contribution < 1.29 is 0 Å². The van der Waals surface area contributed by atoms with Crippen LogP contribution in [0.2, 0.25) is 10.0 Å². The van der Waals surface area contributed by atoms with Gasteiger partial charge in [-0.2, -0.15) is 0 Å². The van der Waals surface area contributed by atoms with Crippen LogP contribution >= 0.6 is 35.0 Å². The van der Waals surface area contributed by atoms with Crippen LogP contribution in [0.15, 0.2) is 47.4 Å². The van der Waals surface area contributed by atoms with Gasteiger partial charge in [-0.3, -0.25) is 0 Å². The van der Waals surface area contributed by atoms with E-state index in [1.807, 2.05) is 36.4 Å². The molecule has 0 amide bonds. The molecule has 0 fully saturated rings. The van der Waals surface area contributed by atoms with Gasteiger partial charge < -0.3 is 5.73 Å². The van der Waals surface area contributed by atoms with E-state index in [1.54, 1.807) is 17.8 Å². The van der Waals surface area contributed by atoms with Crippen LogP contribution in [0, 0.1) is 0 Å². The summed E-state index contributed by atoms with van der Waals surface area (Å²) in [4.78, 5) is 1.13. The maximum Gasteiger partial charge on any atom is 0.0466 e. The Hall–Kier alpha value is -0.830. The third-order valence-corrected chi connectivity index (χ3v) is 3.90. The van der Waals surface area contributed by atoms with E-state index in [4.69, 9.17) is 28.9 Å². The molecule has 0 spiro atoms. The fourth-order valence-corrected chi connectivity index (χ4v) is 2.95. The van der Waals surface area contributed by atoms with Gasteiger partial charge in [-0.05, 0) is 35.9 Å². The summed E-state index contributed by atoms with van der Waals surface area (Å²) in [7, 11) is 0. The standard InChI is InChI=1S/C13H11Cl2NS/c14-10-2-1-3-12(6-10)17-8-9-4-5-11(16)7-13(9)15/h1-7H,8,16H2. The number of nitrogens with two attached hydrogens (primary N) is 1. The molecule has 0 saturated carbocycles. The summed E-state index contributed by atoms with van der Waals surface area (Å²) in [6.07, 6.45) is 0. The Balaban J connectivity index is 2.07. The Labute approximate surface area is 115 Å². The Morgan fingerprint density at radius 2 is 1.88 bits per heavy atom. The van der Waals surface area contributed by atoms with Crippen molar-refractivity contribution in [3.05, 3.63) is 58.1 Å². The van der Waals surface area contributed by atoms with Gasteiger partial charge in [0.05, 0.1) is 0 Å². The van der Waals surface area contributed by atoms with E-state index in [9.17, 15) is 0 Å². The molecule has 0 aliphatic rings. The maximum atomic E-state index is 6.11. The van der Waals surface area contributed by atoms with Crippen LogP contribution < -0.4 is 5.73 Å². The van der Waals surface area contributed by atoms with Crippen molar-refractivity contribution in [2.24, 2.45) is 0 Å². The molecule has 2 aromatic carbocycles. The molecular formula is C13H11Cl2NS. The minimum Gasteiger partial charge on any atom is -0.399 e. The summed E-state index contributed by atoms with van der Waals surface area (Å²) in [6.45, 7) is 0. The average Bonchev–Trinajstić information content (AvgIpc) is 2.28. The van der Waals surface area contributed by atoms with Crippen molar-refractivity contribution in [3.63, 3.8) is 0 Å². The summed E-state index contributed by atoms with van der Waals surface area (Å²) < 4.78 is 0. The van der Waals surface area contributed by atoms with E-state index >= 15 is 0 Å². The van der Waals surface area contributed by atoms with Crippen molar-refractivity contribution in [2.45, 2.75) is 10.6 Å². The lowest BCUT2D eigenvalue weighted by molar-refractivity contribution is 1.38. The Morgan fingerprint density at radius 1 is 1.06 bits per heavy atom. The number of rotatable bonds is 3. The molecule has 0 heterocycles. The molecule has 88 valence electrons. The molecule has 0 radical (unpaired) electrons. The summed E-state index contributed by atoms with van der Waals surface area (Å²) in [5, 5.41) is 1.46. The zero-order chi connectivity index (χ0) is 12.3. The van der Waals surface area contributed by atoms with Crippen LogP contribution in [0.1, 0.15) is 5.56 Å². The molecule has 2 aromatic rings. The second-order valence-electron chi connectivity index (χ2n) is 3.60. The minimum atomic E-state index is 0.687. The first-order valence-corrected chi connectivity index (χ1v) is 6.81. The van der Waals surface area contributed by atoms with Crippen LogP contribution in [0.5, 0.6) is 0 Å². The summed E-state index contributed by atoms with van der Waals surface area (Å²) >= 11 is 13.7. The van der Waals surface area contributed by atoms with Gasteiger partial charge in [-0.15, -0.1) is 11.8 Å². The molecule has 0 bridgehead atoms. The minimum absolute atomic E-state index is 0.687. The van der Waals surface area contributed by atoms with Crippen LogP contribution in [0.25, 0.3) is 0 Å². The predicted octanol–water partition coefficient (Wildman–Crippen LogP) is 4.87. The van der Waals surface area contributed by atoms with Crippen molar-refractivity contribution in [1.82, 2.24) is 0 Å². The van der Waals surface area contributed by atoms with E-state index in [1.165, 1.54) is 0 Å². The molecule has 2 rings (SSSR count). The first kappa shape index (κ1) is 12.6. The molecule has 0 aliphatic carbocycles. The highest BCUT2D eigenvalue weighted by Crippen LogP contribution is 2.29. The summed E-state index contributed by atoms with van der Waals surface area (Å²) in [5.41, 5.74) is 7.41. The maximum absolute atomic E-state index is 6.11. The fraction of sp³-hybridized carbons (Fsp3) is 0.0769. The smallest absolute Gasteiger partial charge is 0.0466 e. The van der Waals surface area contributed by atoms with Crippen molar-refractivity contribution in [3.8, 4) is 0 Å². The van der Waals surface area contributed by atoms with E-state index in [-0.39, 0.29) is 0 Å². The number of halogens is 2. The number of nitrogen functional groups attached to an aromatic ring is 1. The molecule has 2 N–H and O–H groups in total. The van der Waals surface area contributed by atoms with Crippen LogP contribution in [-0.4, -0.2) is 0 Å². The summed E-state index contributed by atoms with van der Waals surface area (Å²) in [5.74, 6) is 0.805. The number of anilines is 1. The zero-order valence-electron chi connectivity index (χ0n) is 8.99. The molecule has 0 aliphatic heterocycles. The Bertz CT molecular complexity index is 529. The Morgan fingerprint density at radius 3 is 2.59 bits per heavy atom. The molecule has 0 unspecified atom stereocenters. The van der Waals surface area contributed by atoms with E-state index in [0.717, 1.165) is 21.2 Å². The fourth-order valence-electron chi connectivity index (χ4n) is 1.40. The van der Waals surface area contributed by atoms with Gasteiger partial charge in [0, 0.05) is 26.4 Å². The Kier molecular flexibility index (Phi) is 4.21. The molecule has 0 atom stereocenters. The number of thioether (sulfide) groups is 1. The van der Waals surface area contributed by atoms with Gasteiger partial charge in [0.15, 0.2) is 0 Å². The highest BCUT2D eigenvalue weighted by molar-refractivity contribution is 7.98. The molecule has 4 heteroatoms. The second-order valence-corrected chi connectivity index (χ2v) is 5.49. The average molecular weight is 284 g/mol. The highest BCUT2D eigenvalue weighted by atomic mass is 35.5. The molecule has 0 aromatic heterocycles. The molecule has 17 heavy (non-hydrogen) atoms. The molecule has 0 saturated heterocycles. The molecular weight excluding hydrogens is 273 g/mol. The van der Waals surface area contributed by atoms with Gasteiger partial charge in [0.25, 0.3) is 0 Å². The third-order valence-electron chi connectivity index (χ3n) is 2.27. The van der Waals surface area contributed by atoms with Crippen LogP contribution in [-0.2, 0) is 5.75 Å². The van der Waals surface area contributed by atoms with Crippen LogP contribution in [0.3, 0.4) is 0 Å². The van der Waals surface area contributed by atoms with Crippen molar-refractivity contribution >= 4 is 40.7 Å². The third kappa shape index (κ3) is 3.56. The first-order chi connectivity index (χ1) is 8.15. The highest BCUT2D eigenvalue weighted by Gasteiger charge is 2.02. The lowest BCUT2D eigenvalue weighted by Gasteiger charge is -2.05. The van der Waals surface area contributed by atoms with Gasteiger partial charge in [0.2, 0.25) is 0 Å². The van der Waals surface area contributed by atoms with Crippen LogP contribution in [0.4, 0.5) is 5.69 Å². The lowest BCUT2D eigenvalue weighted by Crippen LogP contribution is -1.87. The van der Waals surface area contributed by atoms with Gasteiger partial charge in [-0.1, -0.05) is 35.3 Å². The lowest BCUT2D eigenvalue weighted by atomic mass is 10.2. The van der Waals surface area contributed by atoms with E-state index in [2.05, 4.69) is 0 Å². The number of hydrogen-bond acceptors (Lipinski definition) is 2. The number of hydrogen-bond donors (Lipinski definition) is 1. The van der Waals surface area contributed by atoms with Crippen molar-refractivity contribution in [2.75, 3.05) is 5.73 Å². The monoisotopic (exact) mass is 283 g/mol. The SMILES string of the molecule is Nc1ccc(CSc2cccc(Cl)c2)c(Cl)c1. The molecule has 1 nitrogen and oxygen atoms in total. The second kappa shape index (κ2) is 5.67. The van der Waals surface area contributed by atoms with Gasteiger partial charge in [0.1, 0.15) is 0 Å².